The average molecular weight is 506 g/mol. The molecule has 0 aliphatic rings. The summed E-state index contributed by atoms with van der Waals surface area (Å²) in [4.78, 5) is 11.4. The van der Waals surface area contributed by atoms with Gasteiger partial charge < -0.3 is 5.73 Å². The summed E-state index contributed by atoms with van der Waals surface area (Å²) in [6.45, 7) is 2.03. The van der Waals surface area contributed by atoms with Crippen molar-refractivity contribution in [2.45, 2.75) is 18.4 Å². The predicted molar refractivity (Wildman–Crippen MR) is 131 cm³/mol. The summed E-state index contributed by atoms with van der Waals surface area (Å²) in [6, 6.07) is 21.5. The zero-order chi connectivity index (χ0) is 25.4. The third-order valence-corrected chi connectivity index (χ3v) is 6.93. The Hall–Kier alpha value is -3.09. The summed E-state index contributed by atoms with van der Waals surface area (Å²) in [7, 11) is -6.19. The highest BCUT2D eigenvalue weighted by Gasteiger charge is 2.18. The van der Waals surface area contributed by atoms with Gasteiger partial charge in [-0.15, -0.1) is 0 Å². The maximum atomic E-state index is 12.3. The summed E-state index contributed by atoms with van der Waals surface area (Å²) in [6.07, 6.45) is 0. The molecule has 0 radical (unpaired) electrons. The van der Waals surface area contributed by atoms with Crippen molar-refractivity contribution in [2.24, 2.45) is 5.73 Å². The highest BCUT2D eigenvalue weighted by molar-refractivity contribution is 7.90. The number of hydrogen-bond acceptors (Lipinski definition) is 6. The smallest absolute Gasteiger partial charge is 0.301 e. The highest BCUT2D eigenvalue weighted by Crippen LogP contribution is 2.14. The maximum absolute atomic E-state index is 12.3. The molecule has 0 amide bonds. The van der Waals surface area contributed by atoms with E-state index in [1.807, 2.05) is 37.3 Å². The number of nitrogens with zero attached hydrogens (tertiary/aromatic N) is 1. The first-order valence-electron chi connectivity index (χ1n) is 10.1. The van der Waals surface area contributed by atoms with Crippen molar-refractivity contribution in [1.29, 1.82) is 0 Å². The monoisotopic (exact) mass is 505 g/mol. The number of hydrogen-bond donors (Lipinski definition) is 3. The molecule has 3 rings (SSSR count). The van der Waals surface area contributed by atoms with Gasteiger partial charge in [-0.3, -0.25) is 14.1 Å². The topological polar surface area (TPSA) is 147 Å². The van der Waals surface area contributed by atoms with Crippen molar-refractivity contribution >= 4 is 31.8 Å². The lowest BCUT2D eigenvalue weighted by Gasteiger charge is -2.18. The second kappa shape index (κ2) is 11.9. The number of rotatable bonds is 8. The van der Waals surface area contributed by atoms with Crippen molar-refractivity contribution in [3.8, 4) is 0 Å². The Balaban J connectivity index is 0.000000310. The van der Waals surface area contributed by atoms with E-state index in [9.17, 15) is 21.6 Å². The van der Waals surface area contributed by atoms with Crippen LogP contribution in [0.25, 0.3) is 0 Å². The fraction of sp³-hybridized carbons (Fsp3) is 0.174. The molecule has 182 valence electrons. The molecule has 0 aromatic heterocycles. The first-order valence-corrected chi connectivity index (χ1v) is 13.0. The molecule has 0 heterocycles. The van der Waals surface area contributed by atoms with E-state index in [0.29, 0.717) is 11.3 Å². The lowest BCUT2D eigenvalue weighted by molar-refractivity contribution is 0.100. The Morgan fingerprint density at radius 2 is 1.47 bits per heavy atom. The molecule has 0 fully saturated rings. The van der Waals surface area contributed by atoms with E-state index >= 15 is 0 Å². The summed E-state index contributed by atoms with van der Waals surface area (Å²) in [5.74, 6) is -0.194. The number of carbonyl (C=O) groups is 1. The van der Waals surface area contributed by atoms with Crippen LogP contribution in [-0.2, 0) is 26.9 Å². The molecule has 0 atom stereocenters. The molecule has 3 aromatic carbocycles. The molecule has 11 heteroatoms. The normalized spacial score (nSPS) is 11.4. The van der Waals surface area contributed by atoms with Gasteiger partial charge in [0.25, 0.3) is 10.1 Å². The molecular formula is C23H27N3O6S2. The molecule has 0 saturated heterocycles. The minimum absolute atomic E-state index is 0.0666. The average Bonchev–Trinajstić information content (AvgIpc) is 2.79. The van der Waals surface area contributed by atoms with E-state index in [2.05, 4.69) is 4.72 Å². The fourth-order valence-electron chi connectivity index (χ4n) is 2.70. The quantitative estimate of drug-likeness (QED) is 0.315. The Kier molecular flexibility index (Phi) is 9.47. The lowest BCUT2D eigenvalue weighted by Crippen LogP contribution is -2.32. The number of Topliss-reactive ketones (excluding diaryl/α,β-unsaturated/α-hetero) is 1. The van der Waals surface area contributed by atoms with E-state index in [0.717, 1.165) is 11.1 Å². The van der Waals surface area contributed by atoms with E-state index in [4.69, 9.17) is 10.3 Å². The Bertz CT molecular complexity index is 1290. The van der Waals surface area contributed by atoms with Crippen LogP contribution in [-0.4, -0.2) is 45.1 Å². The van der Waals surface area contributed by atoms with Gasteiger partial charge in [0.1, 0.15) is 0 Å². The van der Waals surface area contributed by atoms with Gasteiger partial charge in [-0.25, -0.2) is 0 Å². The summed E-state index contributed by atoms with van der Waals surface area (Å²) in [5, 5.41) is 0. The van der Waals surface area contributed by atoms with Crippen LogP contribution in [0.1, 0.15) is 21.5 Å². The lowest BCUT2D eigenvalue weighted by atomic mass is 10.1. The van der Waals surface area contributed by atoms with Crippen molar-refractivity contribution in [3.05, 3.63) is 95.6 Å². The SMILES string of the molecule is CN(Cc1ccccc1)S(=O)(=O)Nc1ccc(C(=O)CN)cc1.Cc1ccc(S(=O)(=O)O)cc1. The van der Waals surface area contributed by atoms with E-state index in [1.54, 1.807) is 24.3 Å². The summed E-state index contributed by atoms with van der Waals surface area (Å²) in [5.41, 5.74) is 7.98. The van der Waals surface area contributed by atoms with Gasteiger partial charge in [-0.2, -0.15) is 21.1 Å². The largest absolute Gasteiger partial charge is 0.324 e. The molecule has 9 nitrogen and oxygen atoms in total. The number of benzene rings is 3. The molecule has 0 spiro atoms. The van der Waals surface area contributed by atoms with Gasteiger partial charge in [0.2, 0.25) is 0 Å². The molecule has 34 heavy (non-hydrogen) atoms. The number of ketones is 1. The summed E-state index contributed by atoms with van der Waals surface area (Å²) >= 11 is 0. The van der Waals surface area contributed by atoms with Crippen LogP contribution in [0.2, 0.25) is 0 Å². The fourth-order valence-corrected chi connectivity index (χ4v) is 4.09. The van der Waals surface area contributed by atoms with Crippen LogP contribution < -0.4 is 10.5 Å². The van der Waals surface area contributed by atoms with Crippen LogP contribution in [0.5, 0.6) is 0 Å². The van der Waals surface area contributed by atoms with Gasteiger partial charge in [-0.05, 0) is 48.9 Å². The number of anilines is 1. The van der Waals surface area contributed by atoms with Gasteiger partial charge in [0.05, 0.1) is 11.4 Å². The molecular weight excluding hydrogens is 478 g/mol. The van der Waals surface area contributed by atoms with Crippen molar-refractivity contribution in [1.82, 2.24) is 4.31 Å². The van der Waals surface area contributed by atoms with Crippen LogP contribution in [0, 0.1) is 6.92 Å². The highest BCUT2D eigenvalue weighted by atomic mass is 32.2. The third-order valence-electron chi connectivity index (χ3n) is 4.62. The first kappa shape index (κ1) is 27.2. The van der Waals surface area contributed by atoms with Crippen molar-refractivity contribution < 1.29 is 26.2 Å². The van der Waals surface area contributed by atoms with Crippen LogP contribution in [0.4, 0.5) is 5.69 Å². The van der Waals surface area contributed by atoms with Gasteiger partial charge in [0, 0.05) is 24.8 Å². The van der Waals surface area contributed by atoms with E-state index in [1.165, 1.54) is 35.6 Å². The van der Waals surface area contributed by atoms with Gasteiger partial charge >= 0.3 is 10.2 Å². The number of carbonyl (C=O) groups excluding carboxylic acids is 1. The van der Waals surface area contributed by atoms with Crippen molar-refractivity contribution in [3.63, 3.8) is 0 Å². The molecule has 0 aliphatic heterocycles. The zero-order valence-electron chi connectivity index (χ0n) is 18.7. The van der Waals surface area contributed by atoms with E-state index < -0.39 is 20.3 Å². The minimum Gasteiger partial charge on any atom is -0.324 e. The second-order valence-corrected chi connectivity index (χ2v) is 10.5. The number of aryl methyl sites for hydroxylation is 1. The van der Waals surface area contributed by atoms with Crippen LogP contribution in [0.3, 0.4) is 0 Å². The molecule has 4 N–H and O–H groups in total. The summed E-state index contributed by atoms with van der Waals surface area (Å²) < 4.78 is 57.9. The molecule has 0 saturated carbocycles. The third kappa shape index (κ3) is 8.36. The maximum Gasteiger partial charge on any atom is 0.301 e. The molecule has 0 unspecified atom stereocenters. The molecule has 0 aliphatic carbocycles. The van der Waals surface area contributed by atoms with E-state index in [-0.39, 0.29) is 23.8 Å². The molecule has 0 bridgehead atoms. The minimum atomic E-state index is -4.02. The second-order valence-electron chi connectivity index (χ2n) is 7.34. The number of nitrogens with one attached hydrogen (secondary N) is 1. The number of nitrogens with two attached hydrogens (primary N) is 1. The van der Waals surface area contributed by atoms with Crippen molar-refractivity contribution in [2.75, 3.05) is 18.3 Å². The predicted octanol–water partition coefficient (Wildman–Crippen LogP) is 2.86. The first-order chi connectivity index (χ1) is 15.9. The zero-order valence-corrected chi connectivity index (χ0v) is 20.4. The van der Waals surface area contributed by atoms with Crippen LogP contribution >= 0.6 is 0 Å². The standard InChI is InChI=1S/C16H19N3O3S.C7H8O3S/c1-19(12-13-5-3-2-4-6-13)23(21,22)18-15-9-7-14(8-10-15)16(20)11-17;1-6-2-4-7(5-3-6)11(8,9)10/h2-10,18H,11-12,17H2,1H3;2-5H,1H3,(H,8,9,10). The van der Waals surface area contributed by atoms with Gasteiger partial charge in [-0.1, -0.05) is 48.0 Å². The van der Waals surface area contributed by atoms with Crippen LogP contribution in [0.15, 0.2) is 83.8 Å². The van der Waals surface area contributed by atoms with Gasteiger partial charge in [0.15, 0.2) is 5.78 Å². The Labute approximate surface area is 200 Å². The Morgan fingerprint density at radius 3 is 1.97 bits per heavy atom. The Morgan fingerprint density at radius 1 is 0.912 bits per heavy atom. The molecule has 3 aromatic rings.